The van der Waals surface area contributed by atoms with E-state index in [4.69, 9.17) is 0 Å². The summed E-state index contributed by atoms with van der Waals surface area (Å²) in [6.07, 6.45) is 6.17. The van der Waals surface area contributed by atoms with E-state index >= 15 is 0 Å². The molecule has 0 heterocycles. The molecule has 7 nitrogen and oxygen atoms in total. The van der Waals surface area contributed by atoms with Crippen molar-refractivity contribution in [3.05, 3.63) is 64.2 Å². The average Bonchev–Trinajstić information content (AvgIpc) is 3.02. The number of hydrogen-bond donors (Lipinski definition) is 2. The van der Waals surface area contributed by atoms with Crippen molar-refractivity contribution in [3.8, 4) is 28.7 Å². The third-order valence-corrected chi connectivity index (χ3v) is 11.9. The van der Waals surface area contributed by atoms with Gasteiger partial charge in [-0.3, -0.25) is 24.0 Å². The highest BCUT2D eigenvalue weighted by Gasteiger charge is 2.76. The Morgan fingerprint density at radius 2 is 1.63 bits per heavy atom. The van der Waals surface area contributed by atoms with E-state index in [-0.39, 0.29) is 29.7 Å². The van der Waals surface area contributed by atoms with Crippen LogP contribution in [0.1, 0.15) is 114 Å². The maximum Gasteiger partial charge on any atom is 0.190 e. The molecule has 6 atom stereocenters. The quantitative estimate of drug-likeness (QED) is 0.275. The zero-order valence-corrected chi connectivity index (χ0v) is 29.5. The first-order valence-corrected chi connectivity index (χ1v) is 17.6. The van der Waals surface area contributed by atoms with Gasteiger partial charge in [0, 0.05) is 11.3 Å². The zero-order valence-electron chi connectivity index (χ0n) is 29.5. The Morgan fingerprint density at radius 3 is 2.20 bits per heavy atom. The lowest BCUT2D eigenvalue weighted by Crippen LogP contribution is -2.76. The predicted octanol–water partition coefficient (Wildman–Crippen LogP) is 6.74. The van der Waals surface area contributed by atoms with Gasteiger partial charge in [0.25, 0.3) is 0 Å². The molecule has 2 N–H and O–H groups in total. The molecule has 7 heteroatoms. The number of ketones is 5. The van der Waals surface area contributed by atoms with Crippen molar-refractivity contribution in [2.75, 3.05) is 0 Å². The van der Waals surface area contributed by atoms with Gasteiger partial charge in [-0.15, -0.1) is 0 Å². The molecule has 0 aromatic heterocycles. The fourth-order valence-electron chi connectivity index (χ4n) is 9.70. The van der Waals surface area contributed by atoms with Crippen LogP contribution in [0.5, 0.6) is 5.75 Å². The van der Waals surface area contributed by atoms with Crippen LogP contribution >= 0.6 is 0 Å². The number of fused-ring (bicyclic) bond motifs is 3. The summed E-state index contributed by atoms with van der Waals surface area (Å²) < 4.78 is 0. The summed E-state index contributed by atoms with van der Waals surface area (Å²) in [5.41, 5.74) is -0.968. The number of carbonyl (C=O) groups excluding carboxylic acids is 5. The number of benzene rings is 2. The van der Waals surface area contributed by atoms with Crippen molar-refractivity contribution >= 4 is 28.9 Å². The largest absolute Gasteiger partial charge is 0.506 e. The highest BCUT2D eigenvalue weighted by atomic mass is 16.3. The third-order valence-electron chi connectivity index (χ3n) is 11.9. The van der Waals surface area contributed by atoms with Gasteiger partial charge < -0.3 is 10.2 Å². The highest BCUT2D eigenvalue weighted by molar-refractivity contribution is 6.32. The van der Waals surface area contributed by atoms with Crippen LogP contribution < -0.4 is 0 Å². The molecular formula is C42H46O7. The summed E-state index contributed by atoms with van der Waals surface area (Å²) in [6, 6.07) is 9.87. The van der Waals surface area contributed by atoms with E-state index < -0.39 is 69.0 Å². The van der Waals surface area contributed by atoms with Crippen LogP contribution in [0.4, 0.5) is 0 Å². The first-order chi connectivity index (χ1) is 23.0. The first-order valence-electron chi connectivity index (χ1n) is 17.6. The molecule has 4 aliphatic carbocycles. The van der Waals surface area contributed by atoms with E-state index in [0.717, 1.165) is 49.3 Å². The number of aromatic hydroxyl groups is 1. The Morgan fingerprint density at radius 1 is 0.959 bits per heavy atom. The zero-order chi connectivity index (χ0) is 35.8. The van der Waals surface area contributed by atoms with Gasteiger partial charge in [-0.2, -0.15) is 0 Å². The third kappa shape index (κ3) is 5.09. The molecule has 0 amide bonds. The van der Waals surface area contributed by atoms with Gasteiger partial charge in [-0.1, -0.05) is 83.7 Å². The molecule has 0 spiro atoms. The molecule has 2 saturated carbocycles. The minimum absolute atomic E-state index is 0.00520. The Kier molecular flexibility index (Phi) is 8.51. The molecule has 6 rings (SSSR count). The van der Waals surface area contributed by atoms with E-state index in [2.05, 4.69) is 31.8 Å². The van der Waals surface area contributed by atoms with E-state index in [9.17, 15) is 34.2 Å². The second-order valence-corrected chi connectivity index (χ2v) is 16.0. The van der Waals surface area contributed by atoms with Gasteiger partial charge in [0.15, 0.2) is 28.7 Å². The topological polar surface area (TPSA) is 126 Å². The second-order valence-electron chi connectivity index (χ2n) is 16.0. The smallest absolute Gasteiger partial charge is 0.190 e. The molecule has 2 aromatic carbocycles. The lowest BCUT2D eigenvalue weighted by atomic mass is 9.39. The Balaban J connectivity index is 1.58. The van der Waals surface area contributed by atoms with Crippen LogP contribution in [0, 0.1) is 46.3 Å². The van der Waals surface area contributed by atoms with E-state index in [1.54, 1.807) is 27.7 Å². The molecule has 49 heavy (non-hydrogen) atoms. The van der Waals surface area contributed by atoms with Gasteiger partial charge >= 0.3 is 0 Å². The molecular weight excluding hydrogens is 616 g/mol. The number of phenolic OH excluding ortho intramolecular Hbond substituents is 1. The maximum atomic E-state index is 14.8. The number of Topliss-reactive ketones (excluding diaryl/α,β-unsaturated/α-hetero) is 5. The Hall–Kier alpha value is -4.15. The Bertz CT molecular complexity index is 1900. The van der Waals surface area contributed by atoms with Crippen LogP contribution in [-0.4, -0.2) is 44.7 Å². The van der Waals surface area contributed by atoms with Crippen molar-refractivity contribution in [2.24, 2.45) is 34.5 Å². The Labute approximate surface area is 288 Å². The SMILES string of the molecule is CC(=O)C1C(=O)C(C(C)C)[C@@]2(C)C[C@@]3(C)Cc4c(-c5ccc(C(C)C)cc5)cc(C#CC5=CCCCC5)c(O)c4C(=O)C3C(=O)[C@@]2(O)C1=O. The molecule has 2 aromatic rings. The van der Waals surface area contributed by atoms with E-state index in [1.807, 2.05) is 30.3 Å². The predicted molar refractivity (Wildman–Crippen MR) is 186 cm³/mol. The van der Waals surface area contributed by atoms with Crippen molar-refractivity contribution in [2.45, 2.75) is 98.5 Å². The number of carbonyl (C=O) groups is 5. The minimum atomic E-state index is -2.74. The average molecular weight is 663 g/mol. The van der Waals surface area contributed by atoms with Gasteiger partial charge in [0.2, 0.25) is 0 Å². The number of rotatable bonds is 4. The van der Waals surface area contributed by atoms with E-state index in [1.165, 1.54) is 0 Å². The van der Waals surface area contributed by atoms with Gasteiger partial charge in [0.1, 0.15) is 17.5 Å². The lowest BCUT2D eigenvalue weighted by Gasteiger charge is -2.62. The normalized spacial score (nSPS) is 31.1. The summed E-state index contributed by atoms with van der Waals surface area (Å²) in [4.78, 5) is 70.1. The molecule has 0 bridgehead atoms. The summed E-state index contributed by atoms with van der Waals surface area (Å²) in [5.74, 6) is -2.53. The fourth-order valence-corrected chi connectivity index (χ4v) is 9.70. The van der Waals surface area contributed by atoms with Crippen molar-refractivity contribution in [1.29, 1.82) is 0 Å². The first kappa shape index (κ1) is 34.7. The van der Waals surface area contributed by atoms with Crippen LogP contribution in [0.15, 0.2) is 42.0 Å². The standard InChI is InChI=1S/C42H46O7/c1-22(2)26-15-17-27(18-16-26)29-19-28(14-13-25-11-9-8-10-12-25)35(44)32-30(29)20-40(6)21-41(7)33(23(3)4)36(45)31(24(5)43)38(47)42(41,49)39(48)34(40)37(32)46/h11,15-19,22-23,31,33-34,44,49H,8-10,12,20-21H2,1-7H3/t31?,33?,34?,40-,41-,42+/m1/s1. The van der Waals surface area contributed by atoms with Gasteiger partial charge in [0.05, 0.1) is 17.0 Å². The molecule has 0 aliphatic heterocycles. The molecule has 0 saturated heterocycles. The summed E-state index contributed by atoms with van der Waals surface area (Å²) in [6.45, 7) is 12.3. The summed E-state index contributed by atoms with van der Waals surface area (Å²) in [5, 5.41) is 24.1. The lowest BCUT2D eigenvalue weighted by molar-refractivity contribution is -0.205. The number of hydrogen-bond acceptors (Lipinski definition) is 7. The molecule has 3 unspecified atom stereocenters. The van der Waals surface area contributed by atoms with Crippen molar-refractivity contribution < 1.29 is 34.2 Å². The molecule has 0 radical (unpaired) electrons. The molecule has 2 fully saturated rings. The number of aliphatic hydroxyl groups is 1. The van der Waals surface area contributed by atoms with E-state index in [0.29, 0.717) is 17.0 Å². The van der Waals surface area contributed by atoms with Crippen molar-refractivity contribution in [3.63, 3.8) is 0 Å². The van der Waals surface area contributed by atoms with Gasteiger partial charge in [-0.25, -0.2) is 0 Å². The summed E-state index contributed by atoms with van der Waals surface area (Å²) in [7, 11) is 0. The van der Waals surface area contributed by atoms with Crippen LogP contribution in [0.2, 0.25) is 0 Å². The van der Waals surface area contributed by atoms with Gasteiger partial charge in [-0.05, 0) is 96.6 Å². The van der Waals surface area contributed by atoms with Crippen LogP contribution in [0.25, 0.3) is 11.1 Å². The van der Waals surface area contributed by atoms with Crippen molar-refractivity contribution in [1.82, 2.24) is 0 Å². The molecule has 4 aliphatic rings. The molecule has 256 valence electrons. The van der Waals surface area contributed by atoms with Crippen LogP contribution in [-0.2, 0) is 25.6 Å². The highest BCUT2D eigenvalue weighted by Crippen LogP contribution is 2.64. The maximum absolute atomic E-state index is 14.8. The second kappa shape index (κ2) is 12.0. The number of phenols is 1. The van der Waals surface area contributed by atoms with Crippen LogP contribution in [0.3, 0.4) is 0 Å². The number of allylic oxidation sites excluding steroid dienone is 2. The fraction of sp³-hybridized carbons (Fsp3) is 0.500. The monoisotopic (exact) mass is 662 g/mol. The summed E-state index contributed by atoms with van der Waals surface area (Å²) >= 11 is 0. The minimum Gasteiger partial charge on any atom is -0.506 e.